The summed E-state index contributed by atoms with van der Waals surface area (Å²) in [4.78, 5) is 29.2. The van der Waals surface area contributed by atoms with Gasteiger partial charge in [0.05, 0.1) is 17.3 Å². The summed E-state index contributed by atoms with van der Waals surface area (Å²) in [6.45, 7) is 6.24. The van der Waals surface area contributed by atoms with Crippen LogP contribution >= 0.6 is 23.4 Å². The Morgan fingerprint density at radius 2 is 1.76 bits per heavy atom. The molecule has 2 aromatic carbocycles. The Labute approximate surface area is 230 Å². The van der Waals surface area contributed by atoms with E-state index in [1.807, 2.05) is 34.1 Å². The first-order chi connectivity index (χ1) is 18.3. The van der Waals surface area contributed by atoms with Crippen molar-refractivity contribution in [2.45, 2.75) is 29.3 Å². The second-order valence-corrected chi connectivity index (χ2v) is 11.0. The number of carbonyl (C=O) groups is 1. The van der Waals surface area contributed by atoms with E-state index in [0.29, 0.717) is 35.3 Å². The molecule has 1 amide bonds. The number of halogens is 3. The molecule has 0 bridgehead atoms. The van der Waals surface area contributed by atoms with Crippen LogP contribution in [-0.4, -0.2) is 72.0 Å². The molecule has 1 unspecified atom stereocenters. The van der Waals surface area contributed by atoms with Gasteiger partial charge in [-0.25, -0.2) is 18.7 Å². The molecule has 1 N–H and O–H groups in total. The molecule has 38 heavy (non-hydrogen) atoms. The van der Waals surface area contributed by atoms with Crippen LogP contribution in [0.2, 0.25) is 5.02 Å². The fraction of sp³-hybridized carbons (Fsp3) is 0.370. The van der Waals surface area contributed by atoms with Crippen molar-refractivity contribution in [2.24, 2.45) is 0 Å². The Morgan fingerprint density at radius 1 is 1.05 bits per heavy atom. The summed E-state index contributed by atoms with van der Waals surface area (Å²) in [5.74, 6) is -0.0415. The van der Waals surface area contributed by atoms with E-state index in [1.54, 1.807) is 13.1 Å². The summed E-state index contributed by atoms with van der Waals surface area (Å²) < 4.78 is 28.9. The van der Waals surface area contributed by atoms with Gasteiger partial charge in [-0.05, 0) is 56.8 Å². The van der Waals surface area contributed by atoms with Gasteiger partial charge in [-0.15, -0.1) is 0 Å². The number of piperazine rings is 1. The van der Waals surface area contributed by atoms with Crippen LogP contribution < -0.4 is 10.2 Å². The van der Waals surface area contributed by atoms with Crippen molar-refractivity contribution in [3.8, 4) is 0 Å². The first-order valence-electron chi connectivity index (χ1n) is 12.6. The van der Waals surface area contributed by atoms with Gasteiger partial charge in [-0.1, -0.05) is 23.4 Å². The van der Waals surface area contributed by atoms with Crippen molar-refractivity contribution >= 4 is 40.9 Å². The molecule has 11 heteroatoms. The molecule has 1 atom stereocenters. The maximum absolute atomic E-state index is 14.7. The van der Waals surface area contributed by atoms with Crippen LogP contribution in [0.4, 0.5) is 20.4 Å². The second-order valence-electron chi connectivity index (χ2n) is 9.51. The SMILES string of the molecule is CC(c1c(F)ccc(F)c1Cl)N1CCCNc2ncc(Sc3ccc(C(=O)N4CCN(C)CC4)cc3)nc21. The molecule has 1 saturated heterocycles. The van der Waals surface area contributed by atoms with E-state index in [2.05, 4.69) is 22.2 Å². The Hall–Kier alpha value is -2.95. The number of nitrogens with zero attached hydrogens (tertiary/aromatic N) is 5. The van der Waals surface area contributed by atoms with Gasteiger partial charge in [0, 0.05) is 55.3 Å². The smallest absolute Gasteiger partial charge is 0.253 e. The number of likely N-dealkylation sites (N-methyl/N-ethyl adjacent to an activating group) is 1. The van der Waals surface area contributed by atoms with Crippen molar-refractivity contribution in [1.82, 2.24) is 19.8 Å². The highest BCUT2D eigenvalue weighted by atomic mass is 35.5. The van der Waals surface area contributed by atoms with Gasteiger partial charge in [-0.3, -0.25) is 4.79 Å². The molecule has 0 saturated carbocycles. The monoisotopic (exact) mass is 558 g/mol. The minimum absolute atomic E-state index is 0.0402. The molecular weight excluding hydrogens is 530 g/mol. The average molecular weight is 559 g/mol. The number of amides is 1. The quantitative estimate of drug-likeness (QED) is 0.425. The zero-order chi connectivity index (χ0) is 26.8. The maximum Gasteiger partial charge on any atom is 0.253 e. The lowest BCUT2D eigenvalue weighted by atomic mass is 10.1. The number of anilines is 2. The molecule has 7 nitrogen and oxygen atoms in total. The van der Waals surface area contributed by atoms with Gasteiger partial charge in [0.15, 0.2) is 11.6 Å². The van der Waals surface area contributed by atoms with E-state index in [1.165, 1.54) is 11.8 Å². The lowest BCUT2D eigenvalue weighted by Gasteiger charge is -2.32. The minimum atomic E-state index is -0.659. The summed E-state index contributed by atoms with van der Waals surface area (Å²) in [7, 11) is 2.06. The molecular formula is C27H29ClF2N6OS. The normalized spacial score (nSPS) is 17.0. The van der Waals surface area contributed by atoms with Crippen LogP contribution in [0.1, 0.15) is 35.3 Å². The highest BCUT2D eigenvalue weighted by Gasteiger charge is 2.28. The Kier molecular flexibility index (Phi) is 8.01. The van der Waals surface area contributed by atoms with Gasteiger partial charge in [0.1, 0.15) is 16.7 Å². The van der Waals surface area contributed by atoms with Crippen LogP contribution in [0.3, 0.4) is 0 Å². The molecule has 1 aromatic heterocycles. The number of rotatable bonds is 5. The molecule has 3 heterocycles. The van der Waals surface area contributed by atoms with E-state index >= 15 is 0 Å². The standard InChI is InChI=1S/C27H29ClF2N6OS/c1-17(23-20(29)8-9-21(30)24(23)28)36-11-3-10-31-25-26(36)33-22(16-32-25)38-19-6-4-18(5-7-19)27(37)35-14-12-34(2)13-15-35/h4-9,16-17H,3,10-15H2,1-2H3,(H,31,32). The van der Waals surface area contributed by atoms with Gasteiger partial charge < -0.3 is 20.0 Å². The summed E-state index contributed by atoms with van der Waals surface area (Å²) in [6, 6.07) is 9.05. The number of hydrogen-bond acceptors (Lipinski definition) is 7. The summed E-state index contributed by atoms with van der Waals surface area (Å²) >= 11 is 7.61. The number of benzene rings is 2. The van der Waals surface area contributed by atoms with Crippen LogP contribution in [0.25, 0.3) is 0 Å². The topological polar surface area (TPSA) is 64.6 Å². The van der Waals surface area contributed by atoms with E-state index in [9.17, 15) is 13.6 Å². The molecule has 5 rings (SSSR count). The zero-order valence-electron chi connectivity index (χ0n) is 21.3. The highest BCUT2D eigenvalue weighted by Crippen LogP contribution is 2.38. The van der Waals surface area contributed by atoms with Gasteiger partial charge in [0.25, 0.3) is 5.91 Å². The lowest BCUT2D eigenvalue weighted by molar-refractivity contribution is 0.0664. The molecule has 0 spiro atoms. The highest BCUT2D eigenvalue weighted by molar-refractivity contribution is 7.99. The van der Waals surface area contributed by atoms with Crippen LogP contribution in [0.5, 0.6) is 0 Å². The van der Waals surface area contributed by atoms with Gasteiger partial charge in [0.2, 0.25) is 0 Å². The molecule has 0 radical (unpaired) electrons. The molecule has 3 aromatic rings. The van der Waals surface area contributed by atoms with Crippen LogP contribution in [0, 0.1) is 11.6 Å². The molecule has 2 aliphatic rings. The number of nitrogens with one attached hydrogen (secondary N) is 1. The van der Waals surface area contributed by atoms with Crippen molar-refractivity contribution in [3.63, 3.8) is 0 Å². The largest absolute Gasteiger partial charge is 0.367 e. The molecule has 2 aliphatic heterocycles. The first kappa shape index (κ1) is 26.6. The van der Waals surface area contributed by atoms with Crippen molar-refractivity contribution in [3.05, 3.63) is 70.4 Å². The van der Waals surface area contributed by atoms with Crippen LogP contribution in [0.15, 0.2) is 52.5 Å². The molecule has 1 fully saturated rings. The Morgan fingerprint density at radius 3 is 2.50 bits per heavy atom. The predicted octanol–water partition coefficient (Wildman–Crippen LogP) is 5.33. The van der Waals surface area contributed by atoms with Crippen molar-refractivity contribution < 1.29 is 13.6 Å². The first-order valence-corrected chi connectivity index (χ1v) is 13.8. The van der Waals surface area contributed by atoms with Gasteiger partial charge >= 0.3 is 0 Å². The summed E-state index contributed by atoms with van der Waals surface area (Å²) in [5, 5.41) is 3.70. The molecule has 0 aliphatic carbocycles. The number of carbonyl (C=O) groups excluding carboxylic acids is 1. The van der Waals surface area contributed by atoms with Gasteiger partial charge in [-0.2, -0.15) is 0 Å². The Balaban J connectivity index is 1.36. The summed E-state index contributed by atoms with van der Waals surface area (Å²) in [5.41, 5.74) is 0.755. The average Bonchev–Trinajstić information content (AvgIpc) is 3.13. The Bertz CT molecular complexity index is 1320. The zero-order valence-corrected chi connectivity index (χ0v) is 22.8. The lowest BCUT2D eigenvalue weighted by Crippen LogP contribution is -2.47. The third-order valence-electron chi connectivity index (χ3n) is 6.95. The predicted molar refractivity (Wildman–Crippen MR) is 146 cm³/mol. The van der Waals surface area contributed by atoms with Crippen LogP contribution in [-0.2, 0) is 0 Å². The number of hydrogen-bond donors (Lipinski definition) is 1. The molecule has 200 valence electrons. The fourth-order valence-electron chi connectivity index (χ4n) is 4.74. The third-order valence-corrected chi connectivity index (χ3v) is 8.25. The minimum Gasteiger partial charge on any atom is -0.367 e. The fourth-order valence-corrected chi connectivity index (χ4v) is 5.80. The van der Waals surface area contributed by atoms with E-state index in [-0.39, 0.29) is 16.5 Å². The second kappa shape index (κ2) is 11.4. The van der Waals surface area contributed by atoms with E-state index in [4.69, 9.17) is 16.6 Å². The third kappa shape index (κ3) is 5.57. The summed E-state index contributed by atoms with van der Waals surface area (Å²) in [6.07, 6.45) is 2.45. The number of fused-ring (bicyclic) bond motifs is 1. The van der Waals surface area contributed by atoms with E-state index in [0.717, 1.165) is 49.6 Å². The van der Waals surface area contributed by atoms with E-state index < -0.39 is 17.7 Å². The number of aromatic nitrogens is 2. The maximum atomic E-state index is 14.7. The van der Waals surface area contributed by atoms with Crippen molar-refractivity contribution in [2.75, 3.05) is 56.5 Å². The van der Waals surface area contributed by atoms with Crippen molar-refractivity contribution in [1.29, 1.82) is 0 Å².